The molecule has 1 heterocycles. The summed E-state index contributed by atoms with van der Waals surface area (Å²) >= 11 is 3.40. The Balaban J connectivity index is 2.51. The molecule has 0 saturated heterocycles. The highest BCUT2D eigenvalue weighted by atomic mass is 79.9. The van der Waals surface area contributed by atoms with E-state index < -0.39 is 12.0 Å². The van der Waals surface area contributed by atoms with Crippen LogP contribution in [0.1, 0.15) is 25.5 Å². The van der Waals surface area contributed by atoms with Gasteiger partial charge in [-0.2, -0.15) is 0 Å². The van der Waals surface area contributed by atoms with Crippen molar-refractivity contribution in [2.45, 2.75) is 19.9 Å². The summed E-state index contributed by atoms with van der Waals surface area (Å²) in [5.41, 5.74) is 1.88. The summed E-state index contributed by atoms with van der Waals surface area (Å²) < 4.78 is 6.01. The fraction of sp³-hybridized carbons (Fsp3) is 0.333. The molecule has 2 amide bonds. The summed E-state index contributed by atoms with van der Waals surface area (Å²) in [5.74, 6) is -0.410. The van der Waals surface area contributed by atoms with Crippen molar-refractivity contribution in [3.63, 3.8) is 0 Å². The SMILES string of the molecule is CCOC(=O)C1=C(C)N(C)C(=O)NC1c1cccc(Br)c1. The molecule has 0 spiro atoms. The number of amides is 2. The number of carbonyl (C=O) groups excluding carboxylic acids is 2. The van der Waals surface area contributed by atoms with Crippen LogP contribution in [0.5, 0.6) is 0 Å². The first-order valence-corrected chi connectivity index (χ1v) is 7.42. The molecule has 1 aromatic rings. The van der Waals surface area contributed by atoms with Crippen LogP contribution in [0, 0.1) is 0 Å². The minimum atomic E-state index is -0.509. The number of urea groups is 1. The molecule has 112 valence electrons. The van der Waals surface area contributed by atoms with Gasteiger partial charge in [0.2, 0.25) is 0 Å². The number of esters is 1. The Morgan fingerprint density at radius 2 is 2.19 bits per heavy atom. The number of nitrogens with zero attached hydrogens (tertiary/aromatic N) is 1. The van der Waals surface area contributed by atoms with Gasteiger partial charge >= 0.3 is 12.0 Å². The maximum atomic E-state index is 12.3. The van der Waals surface area contributed by atoms with Crippen molar-refractivity contribution < 1.29 is 14.3 Å². The van der Waals surface area contributed by atoms with Crippen molar-refractivity contribution in [3.8, 4) is 0 Å². The molecule has 0 aliphatic carbocycles. The van der Waals surface area contributed by atoms with Gasteiger partial charge in [-0.05, 0) is 31.5 Å². The van der Waals surface area contributed by atoms with Gasteiger partial charge < -0.3 is 15.0 Å². The van der Waals surface area contributed by atoms with Crippen LogP contribution in [-0.4, -0.2) is 30.6 Å². The van der Waals surface area contributed by atoms with Crippen molar-refractivity contribution in [2.75, 3.05) is 13.7 Å². The van der Waals surface area contributed by atoms with Gasteiger partial charge in [-0.15, -0.1) is 0 Å². The van der Waals surface area contributed by atoms with E-state index in [-0.39, 0.29) is 6.03 Å². The Hall–Kier alpha value is -1.82. The molecule has 0 radical (unpaired) electrons. The Labute approximate surface area is 132 Å². The topological polar surface area (TPSA) is 58.6 Å². The van der Waals surface area contributed by atoms with E-state index in [1.54, 1.807) is 20.9 Å². The molecule has 0 fully saturated rings. The van der Waals surface area contributed by atoms with Crippen LogP contribution < -0.4 is 5.32 Å². The first-order valence-electron chi connectivity index (χ1n) is 6.63. The quantitative estimate of drug-likeness (QED) is 0.850. The zero-order valence-electron chi connectivity index (χ0n) is 12.1. The van der Waals surface area contributed by atoms with Gasteiger partial charge in [-0.3, -0.25) is 0 Å². The molecular formula is C15H17BrN2O3. The lowest BCUT2D eigenvalue weighted by Gasteiger charge is -2.33. The molecule has 0 bridgehead atoms. The maximum Gasteiger partial charge on any atom is 0.338 e. The van der Waals surface area contributed by atoms with E-state index in [9.17, 15) is 9.59 Å². The first-order chi connectivity index (χ1) is 9.95. The number of allylic oxidation sites excluding steroid dienone is 1. The van der Waals surface area contributed by atoms with Crippen LogP contribution in [0.4, 0.5) is 4.79 Å². The van der Waals surface area contributed by atoms with E-state index in [0.29, 0.717) is 17.9 Å². The van der Waals surface area contributed by atoms with E-state index in [1.807, 2.05) is 24.3 Å². The van der Waals surface area contributed by atoms with E-state index in [4.69, 9.17) is 4.74 Å². The average molecular weight is 353 g/mol. The van der Waals surface area contributed by atoms with Crippen LogP contribution in [0.3, 0.4) is 0 Å². The molecule has 1 N–H and O–H groups in total. The van der Waals surface area contributed by atoms with Gasteiger partial charge in [0.1, 0.15) is 0 Å². The monoisotopic (exact) mass is 352 g/mol. The van der Waals surface area contributed by atoms with Gasteiger partial charge in [0.05, 0.1) is 18.2 Å². The fourth-order valence-corrected chi connectivity index (χ4v) is 2.66. The van der Waals surface area contributed by atoms with Gasteiger partial charge in [-0.25, -0.2) is 9.59 Å². The second-order valence-corrected chi connectivity index (χ2v) is 5.63. The number of halogens is 1. The van der Waals surface area contributed by atoms with Crippen molar-refractivity contribution in [1.29, 1.82) is 0 Å². The summed E-state index contributed by atoms with van der Waals surface area (Å²) in [6.07, 6.45) is 0. The van der Waals surface area contributed by atoms with Crippen LogP contribution in [-0.2, 0) is 9.53 Å². The Kier molecular flexibility index (Phi) is 4.67. The van der Waals surface area contributed by atoms with E-state index in [1.165, 1.54) is 4.90 Å². The lowest BCUT2D eigenvalue weighted by atomic mass is 9.95. The molecule has 5 nitrogen and oxygen atoms in total. The number of ether oxygens (including phenoxy) is 1. The van der Waals surface area contributed by atoms with Gasteiger partial charge in [0, 0.05) is 17.2 Å². The predicted molar refractivity (Wildman–Crippen MR) is 82.5 cm³/mol. The molecule has 1 unspecified atom stereocenters. The van der Waals surface area contributed by atoms with Gasteiger partial charge in [-0.1, -0.05) is 28.1 Å². The van der Waals surface area contributed by atoms with Gasteiger partial charge in [0.25, 0.3) is 0 Å². The molecule has 2 rings (SSSR count). The third kappa shape index (κ3) is 3.10. The normalized spacial score (nSPS) is 18.6. The zero-order chi connectivity index (χ0) is 15.6. The van der Waals surface area contributed by atoms with Gasteiger partial charge in [0.15, 0.2) is 0 Å². The summed E-state index contributed by atoms with van der Waals surface area (Å²) in [4.78, 5) is 25.7. The maximum absolute atomic E-state index is 12.3. The Morgan fingerprint density at radius 1 is 1.48 bits per heavy atom. The highest BCUT2D eigenvalue weighted by Crippen LogP contribution is 2.31. The molecule has 21 heavy (non-hydrogen) atoms. The first kappa shape index (κ1) is 15.6. The van der Waals surface area contributed by atoms with Crippen molar-refractivity contribution in [2.24, 2.45) is 0 Å². The lowest BCUT2D eigenvalue weighted by molar-refractivity contribution is -0.139. The van der Waals surface area contributed by atoms with E-state index >= 15 is 0 Å². The largest absolute Gasteiger partial charge is 0.463 e. The number of rotatable bonds is 3. The molecule has 1 aromatic carbocycles. The highest BCUT2D eigenvalue weighted by molar-refractivity contribution is 9.10. The summed E-state index contributed by atoms with van der Waals surface area (Å²) in [6.45, 7) is 3.79. The smallest absolute Gasteiger partial charge is 0.338 e. The highest BCUT2D eigenvalue weighted by Gasteiger charge is 2.34. The second-order valence-electron chi connectivity index (χ2n) is 4.72. The third-order valence-corrected chi connectivity index (χ3v) is 3.92. The number of benzene rings is 1. The molecule has 1 aliphatic heterocycles. The standard InChI is InChI=1S/C15H17BrN2O3/c1-4-21-14(19)12-9(2)18(3)15(20)17-13(12)10-6-5-7-11(16)8-10/h5-8,13H,4H2,1-3H3,(H,17,20). The van der Waals surface area contributed by atoms with Crippen LogP contribution in [0.15, 0.2) is 40.0 Å². The molecule has 1 aliphatic rings. The summed E-state index contributed by atoms with van der Waals surface area (Å²) in [6, 6.07) is 6.75. The number of hydrogen-bond donors (Lipinski definition) is 1. The van der Waals surface area contributed by atoms with Crippen molar-refractivity contribution in [1.82, 2.24) is 10.2 Å². The van der Waals surface area contributed by atoms with Crippen molar-refractivity contribution >= 4 is 27.9 Å². The molecular weight excluding hydrogens is 336 g/mol. The van der Waals surface area contributed by atoms with Crippen LogP contribution in [0.2, 0.25) is 0 Å². The molecule has 1 atom stereocenters. The fourth-order valence-electron chi connectivity index (χ4n) is 2.24. The minimum absolute atomic E-state index is 0.245. The van der Waals surface area contributed by atoms with E-state index in [2.05, 4.69) is 21.2 Å². The summed E-state index contributed by atoms with van der Waals surface area (Å²) in [7, 11) is 1.63. The molecule has 0 aromatic heterocycles. The van der Waals surface area contributed by atoms with Crippen LogP contribution >= 0.6 is 15.9 Å². The lowest BCUT2D eigenvalue weighted by Crippen LogP contribution is -2.46. The second kappa shape index (κ2) is 6.30. The Morgan fingerprint density at radius 3 is 2.81 bits per heavy atom. The average Bonchev–Trinajstić information content (AvgIpc) is 2.44. The molecule has 0 saturated carbocycles. The predicted octanol–water partition coefficient (Wildman–Crippen LogP) is 2.98. The molecule has 6 heteroatoms. The van der Waals surface area contributed by atoms with Crippen molar-refractivity contribution in [3.05, 3.63) is 45.6 Å². The third-order valence-electron chi connectivity index (χ3n) is 3.43. The van der Waals surface area contributed by atoms with E-state index in [0.717, 1.165) is 10.0 Å². The minimum Gasteiger partial charge on any atom is -0.463 e. The van der Waals surface area contributed by atoms with Crippen LogP contribution in [0.25, 0.3) is 0 Å². The summed E-state index contributed by atoms with van der Waals surface area (Å²) in [5, 5.41) is 2.84. The number of hydrogen-bond acceptors (Lipinski definition) is 3. The Bertz CT molecular complexity index is 613. The number of nitrogens with one attached hydrogen (secondary N) is 1. The number of carbonyl (C=O) groups is 2. The zero-order valence-corrected chi connectivity index (χ0v) is 13.7.